The number of hydrogen-bond donors (Lipinski definition) is 2. The molecule has 0 fully saturated rings. The second-order valence-electron chi connectivity index (χ2n) is 8.16. The van der Waals surface area contributed by atoms with Crippen molar-refractivity contribution in [3.05, 3.63) is 34.9 Å². The molecule has 0 aromatic heterocycles. The lowest BCUT2D eigenvalue weighted by molar-refractivity contribution is -0.139. The molecule has 4 nitrogen and oxygen atoms in total. The minimum absolute atomic E-state index is 0.102. The van der Waals surface area contributed by atoms with Crippen molar-refractivity contribution < 1.29 is 19.8 Å². The maximum Gasteiger partial charge on any atom is 0.303 e. The van der Waals surface area contributed by atoms with E-state index in [1.807, 2.05) is 12.1 Å². The lowest BCUT2D eigenvalue weighted by Gasteiger charge is -2.34. The van der Waals surface area contributed by atoms with Crippen LogP contribution in [0.4, 0.5) is 0 Å². The smallest absolute Gasteiger partial charge is 0.303 e. The first-order valence-electron chi connectivity index (χ1n) is 7.91. The SMILES string of the molecule is CC(C)(C)c1cccc(C(CC(=O)O)CC(=O)O)c1C(C)(C)C. The summed E-state index contributed by atoms with van der Waals surface area (Å²) in [4.78, 5) is 22.4. The Morgan fingerprint density at radius 2 is 1.39 bits per heavy atom. The Morgan fingerprint density at radius 1 is 0.913 bits per heavy atom. The zero-order valence-corrected chi connectivity index (χ0v) is 14.9. The van der Waals surface area contributed by atoms with Gasteiger partial charge in [0.2, 0.25) is 0 Å². The third-order valence-corrected chi connectivity index (χ3v) is 3.94. The molecule has 128 valence electrons. The second kappa shape index (κ2) is 6.73. The normalized spacial score (nSPS) is 12.5. The Hall–Kier alpha value is -1.84. The van der Waals surface area contributed by atoms with Crippen LogP contribution < -0.4 is 0 Å². The molecule has 0 aliphatic carbocycles. The van der Waals surface area contributed by atoms with E-state index in [9.17, 15) is 19.8 Å². The van der Waals surface area contributed by atoms with Crippen molar-refractivity contribution >= 4 is 11.9 Å². The van der Waals surface area contributed by atoms with Gasteiger partial charge in [0.05, 0.1) is 12.8 Å². The summed E-state index contributed by atoms with van der Waals surface area (Å²) in [7, 11) is 0. The lowest BCUT2D eigenvalue weighted by atomic mass is 9.70. The Labute approximate surface area is 138 Å². The minimum Gasteiger partial charge on any atom is -0.481 e. The summed E-state index contributed by atoms with van der Waals surface area (Å²) in [6.07, 6.45) is -0.355. The van der Waals surface area contributed by atoms with Crippen LogP contribution in [0.3, 0.4) is 0 Å². The number of aliphatic carboxylic acids is 2. The van der Waals surface area contributed by atoms with Crippen LogP contribution in [0.5, 0.6) is 0 Å². The highest BCUT2D eigenvalue weighted by molar-refractivity contribution is 5.73. The van der Waals surface area contributed by atoms with Crippen LogP contribution >= 0.6 is 0 Å². The molecule has 0 aliphatic heterocycles. The summed E-state index contributed by atoms with van der Waals surface area (Å²) in [5.41, 5.74) is 2.75. The van der Waals surface area contributed by atoms with Gasteiger partial charge >= 0.3 is 11.9 Å². The Morgan fingerprint density at radius 3 is 1.74 bits per heavy atom. The molecule has 0 saturated carbocycles. The molecular weight excluding hydrogens is 292 g/mol. The molecule has 0 atom stereocenters. The molecule has 0 radical (unpaired) electrons. The topological polar surface area (TPSA) is 74.6 Å². The molecule has 0 amide bonds. The van der Waals surface area contributed by atoms with E-state index in [4.69, 9.17) is 0 Å². The van der Waals surface area contributed by atoms with Crippen LogP contribution in [0.2, 0.25) is 0 Å². The van der Waals surface area contributed by atoms with Crippen LogP contribution in [-0.2, 0) is 20.4 Å². The number of benzene rings is 1. The van der Waals surface area contributed by atoms with E-state index in [0.717, 1.165) is 16.7 Å². The minimum atomic E-state index is -0.975. The molecule has 4 heteroatoms. The zero-order valence-electron chi connectivity index (χ0n) is 14.9. The predicted molar refractivity (Wildman–Crippen MR) is 91.1 cm³/mol. The number of carbonyl (C=O) groups is 2. The Balaban J connectivity index is 3.60. The van der Waals surface area contributed by atoms with Gasteiger partial charge in [0, 0.05) is 5.92 Å². The van der Waals surface area contributed by atoms with Gasteiger partial charge in [0.1, 0.15) is 0 Å². The summed E-state index contributed by atoms with van der Waals surface area (Å²) >= 11 is 0. The van der Waals surface area contributed by atoms with Crippen LogP contribution in [0, 0.1) is 0 Å². The molecule has 0 bridgehead atoms. The molecule has 0 heterocycles. The van der Waals surface area contributed by atoms with E-state index in [1.165, 1.54) is 0 Å². The molecule has 1 aromatic rings. The van der Waals surface area contributed by atoms with Crippen LogP contribution in [-0.4, -0.2) is 22.2 Å². The highest BCUT2D eigenvalue weighted by Gasteiger charge is 2.31. The summed E-state index contributed by atoms with van der Waals surface area (Å²) in [5.74, 6) is -2.48. The summed E-state index contributed by atoms with van der Waals surface area (Å²) in [6, 6.07) is 5.84. The highest BCUT2D eigenvalue weighted by atomic mass is 16.4. The zero-order chi connectivity index (χ0) is 18.0. The summed E-state index contributed by atoms with van der Waals surface area (Å²) in [5, 5.41) is 18.4. The molecule has 0 aliphatic rings. The van der Waals surface area contributed by atoms with E-state index in [0.29, 0.717) is 0 Å². The van der Waals surface area contributed by atoms with E-state index in [2.05, 4.69) is 47.6 Å². The molecule has 1 rings (SSSR count). The molecule has 0 spiro atoms. The van der Waals surface area contributed by atoms with Crippen molar-refractivity contribution in [2.75, 3.05) is 0 Å². The molecule has 23 heavy (non-hydrogen) atoms. The Bertz CT molecular complexity index is 572. The first-order valence-corrected chi connectivity index (χ1v) is 7.91. The highest BCUT2D eigenvalue weighted by Crippen LogP contribution is 2.40. The van der Waals surface area contributed by atoms with E-state index in [1.54, 1.807) is 0 Å². The number of carboxylic acid groups (broad SMARTS) is 2. The number of hydrogen-bond acceptors (Lipinski definition) is 2. The van der Waals surface area contributed by atoms with Gasteiger partial charge in [-0.1, -0.05) is 59.7 Å². The van der Waals surface area contributed by atoms with E-state index in [-0.39, 0.29) is 23.7 Å². The molecule has 0 unspecified atom stereocenters. The quantitative estimate of drug-likeness (QED) is 0.847. The van der Waals surface area contributed by atoms with Gasteiger partial charge in [-0.3, -0.25) is 9.59 Å². The third-order valence-electron chi connectivity index (χ3n) is 3.94. The van der Waals surface area contributed by atoms with Crippen molar-refractivity contribution in [1.29, 1.82) is 0 Å². The van der Waals surface area contributed by atoms with Crippen LogP contribution in [0.1, 0.15) is 77.0 Å². The summed E-state index contributed by atoms with van der Waals surface area (Å²) in [6.45, 7) is 12.6. The van der Waals surface area contributed by atoms with Gasteiger partial charge in [-0.2, -0.15) is 0 Å². The predicted octanol–water partition coefficient (Wildman–Crippen LogP) is 4.31. The van der Waals surface area contributed by atoms with E-state index >= 15 is 0 Å². The van der Waals surface area contributed by atoms with Crippen molar-refractivity contribution in [1.82, 2.24) is 0 Å². The third kappa shape index (κ3) is 5.08. The van der Waals surface area contributed by atoms with Gasteiger partial charge in [0.15, 0.2) is 0 Å². The second-order valence-corrected chi connectivity index (χ2v) is 8.16. The van der Waals surface area contributed by atoms with Gasteiger partial charge in [-0.25, -0.2) is 0 Å². The van der Waals surface area contributed by atoms with Gasteiger partial charge < -0.3 is 10.2 Å². The standard InChI is InChI=1S/C19H28O4/c1-18(2,3)14-9-7-8-13(17(14)19(4,5)6)12(10-15(20)21)11-16(22)23/h7-9,12H,10-11H2,1-6H3,(H,20,21)(H,22,23). The van der Waals surface area contributed by atoms with Crippen molar-refractivity contribution in [3.8, 4) is 0 Å². The lowest BCUT2D eigenvalue weighted by Crippen LogP contribution is -2.26. The number of carboxylic acids is 2. The largest absolute Gasteiger partial charge is 0.481 e. The van der Waals surface area contributed by atoms with Gasteiger partial charge in [-0.15, -0.1) is 0 Å². The van der Waals surface area contributed by atoms with Gasteiger partial charge in [-0.05, 0) is 27.5 Å². The van der Waals surface area contributed by atoms with Crippen molar-refractivity contribution in [2.45, 2.75) is 71.1 Å². The fourth-order valence-corrected chi connectivity index (χ4v) is 3.09. The average molecular weight is 320 g/mol. The van der Waals surface area contributed by atoms with Crippen molar-refractivity contribution in [2.24, 2.45) is 0 Å². The van der Waals surface area contributed by atoms with Crippen LogP contribution in [0.15, 0.2) is 18.2 Å². The van der Waals surface area contributed by atoms with E-state index < -0.39 is 17.9 Å². The molecule has 0 saturated heterocycles. The molecular formula is C19H28O4. The monoisotopic (exact) mass is 320 g/mol. The first kappa shape index (κ1) is 19.2. The molecule has 2 N–H and O–H groups in total. The Kier molecular flexibility index (Phi) is 5.62. The summed E-state index contributed by atoms with van der Waals surface area (Å²) < 4.78 is 0. The fourth-order valence-electron chi connectivity index (χ4n) is 3.09. The first-order chi connectivity index (χ1) is 10.3. The maximum absolute atomic E-state index is 11.2. The van der Waals surface area contributed by atoms with Crippen LogP contribution in [0.25, 0.3) is 0 Å². The van der Waals surface area contributed by atoms with Crippen molar-refractivity contribution in [3.63, 3.8) is 0 Å². The van der Waals surface area contributed by atoms with Gasteiger partial charge in [0.25, 0.3) is 0 Å². The molecule has 1 aromatic carbocycles. The fraction of sp³-hybridized carbons (Fsp3) is 0.579. The average Bonchev–Trinajstić information content (AvgIpc) is 2.33. The number of rotatable bonds is 5. The maximum atomic E-state index is 11.2.